The van der Waals surface area contributed by atoms with Gasteiger partial charge in [-0.3, -0.25) is 4.79 Å². The van der Waals surface area contributed by atoms with Crippen LogP contribution in [0.15, 0.2) is 18.2 Å². The molecule has 1 aromatic rings. The van der Waals surface area contributed by atoms with E-state index in [-0.39, 0.29) is 19.0 Å². The molecule has 18 heavy (non-hydrogen) atoms. The third-order valence-electron chi connectivity index (χ3n) is 2.21. The smallest absolute Gasteiger partial charge is 0.317 e. The lowest BCUT2D eigenvalue weighted by molar-refractivity contribution is -0.141. The molecule has 0 unspecified atom stereocenters. The fourth-order valence-corrected chi connectivity index (χ4v) is 1.37. The molecule has 0 atom stereocenters. The van der Waals surface area contributed by atoms with Gasteiger partial charge in [-0.05, 0) is 24.6 Å². The standard InChI is InChI=1S/C14H16O4/c1-3-18-14(16)6-4-5-12-9-11(10-15)7-8-13(12)17-2/h7-9,15H,3,6,10H2,1-2H3. The van der Waals surface area contributed by atoms with Gasteiger partial charge in [-0.25, -0.2) is 0 Å². The van der Waals surface area contributed by atoms with Crippen LogP contribution in [0.2, 0.25) is 0 Å². The molecule has 96 valence electrons. The van der Waals surface area contributed by atoms with Gasteiger partial charge in [0.15, 0.2) is 0 Å². The quantitative estimate of drug-likeness (QED) is 0.648. The molecule has 0 aliphatic carbocycles. The van der Waals surface area contributed by atoms with E-state index in [1.54, 1.807) is 32.2 Å². The molecular formula is C14H16O4. The van der Waals surface area contributed by atoms with E-state index in [1.165, 1.54) is 0 Å². The molecule has 0 saturated carbocycles. The first-order valence-electron chi connectivity index (χ1n) is 5.63. The molecule has 0 saturated heterocycles. The Hall–Kier alpha value is -1.99. The van der Waals surface area contributed by atoms with Crippen molar-refractivity contribution in [1.82, 2.24) is 0 Å². The molecule has 1 rings (SSSR count). The number of hydrogen-bond acceptors (Lipinski definition) is 4. The minimum Gasteiger partial charge on any atom is -0.495 e. The molecule has 0 aromatic heterocycles. The van der Waals surface area contributed by atoms with Gasteiger partial charge in [0.2, 0.25) is 0 Å². The van der Waals surface area contributed by atoms with E-state index in [2.05, 4.69) is 11.8 Å². The Bertz CT molecular complexity index is 468. The van der Waals surface area contributed by atoms with Gasteiger partial charge in [-0.15, -0.1) is 0 Å². The first-order chi connectivity index (χ1) is 8.71. The Morgan fingerprint density at radius 1 is 1.44 bits per heavy atom. The van der Waals surface area contributed by atoms with Crippen LogP contribution in [0.4, 0.5) is 0 Å². The van der Waals surface area contributed by atoms with E-state index in [0.717, 1.165) is 5.56 Å². The first kappa shape index (κ1) is 14.1. The normalized spacial score (nSPS) is 9.28. The van der Waals surface area contributed by atoms with Crippen molar-refractivity contribution in [3.8, 4) is 17.6 Å². The van der Waals surface area contributed by atoms with Crippen LogP contribution in [0.3, 0.4) is 0 Å². The second-order valence-corrected chi connectivity index (χ2v) is 3.48. The highest BCUT2D eigenvalue weighted by Crippen LogP contribution is 2.18. The molecule has 0 amide bonds. The van der Waals surface area contributed by atoms with Gasteiger partial charge < -0.3 is 14.6 Å². The van der Waals surface area contributed by atoms with Crippen molar-refractivity contribution in [2.75, 3.05) is 13.7 Å². The van der Waals surface area contributed by atoms with Gasteiger partial charge in [-0.1, -0.05) is 17.9 Å². The molecule has 0 spiro atoms. The number of aliphatic hydroxyl groups excluding tert-OH is 1. The number of aliphatic hydroxyl groups is 1. The van der Waals surface area contributed by atoms with Crippen molar-refractivity contribution in [2.45, 2.75) is 20.0 Å². The Morgan fingerprint density at radius 3 is 2.83 bits per heavy atom. The van der Waals surface area contributed by atoms with E-state index >= 15 is 0 Å². The minimum atomic E-state index is -0.345. The highest BCUT2D eigenvalue weighted by atomic mass is 16.5. The molecule has 0 aliphatic heterocycles. The zero-order valence-corrected chi connectivity index (χ0v) is 10.5. The second-order valence-electron chi connectivity index (χ2n) is 3.48. The van der Waals surface area contributed by atoms with Crippen LogP contribution in [-0.4, -0.2) is 24.8 Å². The molecule has 4 nitrogen and oxygen atoms in total. The van der Waals surface area contributed by atoms with Crippen LogP contribution in [0, 0.1) is 11.8 Å². The van der Waals surface area contributed by atoms with Gasteiger partial charge in [0.05, 0.1) is 25.9 Å². The summed E-state index contributed by atoms with van der Waals surface area (Å²) in [6.07, 6.45) is 0.0420. The van der Waals surface area contributed by atoms with Crippen molar-refractivity contribution >= 4 is 5.97 Å². The van der Waals surface area contributed by atoms with E-state index < -0.39 is 0 Å². The van der Waals surface area contributed by atoms with Crippen molar-refractivity contribution in [2.24, 2.45) is 0 Å². The fraction of sp³-hybridized carbons (Fsp3) is 0.357. The molecule has 0 fully saturated rings. The van der Waals surface area contributed by atoms with Crippen LogP contribution >= 0.6 is 0 Å². The van der Waals surface area contributed by atoms with Crippen LogP contribution in [0.25, 0.3) is 0 Å². The van der Waals surface area contributed by atoms with Gasteiger partial charge in [0.1, 0.15) is 12.2 Å². The van der Waals surface area contributed by atoms with E-state index in [4.69, 9.17) is 14.6 Å². The molecule has 1 N–H and O–H groups in total. The van der Waals surface area contributed by atoms with Gasteiger partial charge >= 0.3 is 5.97 Å². The number of rotatable bonds is 4. The van der Waals surface area contributed by atoms with E-state index in [9.17, 15) is 4.79 Å². The van der Waals surface area contributed by atoms with Crippen molar-refractivity contribution in [1.29, 1.82) is 0 Å². The predicted molar refractivity (Wildman–Crippen MR) is 67.0 cm³/mol. The average Bonchev–Trinajstić information content (AvgIpc) is 2.39. The number of hydrogen-bond donors (Lipinski definition) is 1. The monoisotopic (exact) mass is 248 g/mol. The maximum absolute atomic E-state index is 11.1. The summed E-state index contributed by atoms with van der Waals surface area (Å²) in [5.41, 5.74) is 1.39. The average molecular weight is 248 g/mol. The molecule has 1 aromatic carbocycles. The second kappa shape index (κ2) is 7.36. The zero-order valence-electron chi connectivity index (χ0n) is 10.5. The Labute approximate surface area is 107 Å². The van der Waals surface area contributed by atoms with Crippen LogP contribution < -0.4 is 4.74 Å². The van der Waals surface area contributed by atoms with Crippen molar-refractivity contribution in [3.05, 3.63) is 29.3 Å². The Balaban J connectivity index is 2.82. The lowest BCUT2D eigenvalue weighted by atomic mass is 10.1. The third-order valence-corrected chi connectivity index (χ3v) is 2.21. The summed E-state index contributed by atoms with van der Waals surface area (Å²) in [7, 11) is 1.55. The number of esters is 1. The number of carbonyl (C=O) groups is 1. The fourth-order valence-electron chi connectivity index (χ4n) is 1.37. The molecular weight excluding hydrogens is 232 g/mol. The first-order valence-corrected chi connectivity index (χ1v) is 5.63. The molecule has 0 bridgehead atoms. The molecule has 0 aliphatic rings. The topological polar surface area (TPSA) is 55.8 Å². The highest BCUT2D eigenvalue weighted by Gasteiger charge is 2.02. The van der Waals surface area contributed by atoms with Gasteiger partial charge in [-0.2, -0.15) is 0 Å². The lowest BCUT2D eigenvalue weighted by Crippen LogP contribution is -2.01. The number of methoxy groups -OCH3 is 1. The summed E-state index contributed by atoms with van der Waals surface area (Å²) in [4.78, 5) is 11.1. The SMILES string of the molecule is CCOC(=O)CC#Cc1cc(CO)ccc1OC. The summed E-state index contributed by atoms with van der Waals surface area (Å²) in [5.74, 6) is 5.84. The maximum atomic E-state index is 11.1. The summed E-state index contributed by atoms with van der Waals surface area (Å²) in [5, 5.41) is 9.05. The largest absolute Gasteiger partial charge is 0.495 e. The summed E-state index contributed by atoms with van der Waals surface area (Å²) < 4.78 is 9.92. The maximum Gasteiger partial charge on any atom is 0.317 e. The van der Waals surface area contributed by atoms with Crippen LogP contribution in [0.1, 0.15) is 24.5 Å². The van der Waals surface area contributed by atoms with E-state index in [1.807, 2.05) is 0 Å². The van der Waals surface area contributed by atoms with E-state index in [0.29, 0.717) is 17.9 Å². The third kappa shape index (κ3) is 4.11. The molecule has 0 radical (unpaired) electrons. The number of carbonyl (C=O) groups excluding carboxylic acids is 1. The predicted octanol–water partition coefficient (Wildman–Crippen LogP) is 1.49. The zero-order chi connectivity index (χ0) is 13.4. The van der Waals surface area contributed by atoms with Crippen LogP contribution in [0.5, 0.6) is 5.75 Å². The minimum absolute atomic E-state index is 0.0420. The highest BCUT2D eigenvalue weighted by molar-refractivity contribution is 5.72. The molecule has 4 heteroatoms. The van der Waals surface area contributed by atoms with Gasteiger partial charge in [0.25, 0.3) is 0 Å². The number of ether oxygens (including phenoxy) is 2. The Morgan fingerprint density at radius 2 is 2.22 bits per heavy atom. The summed E-state index contributed by atoms with van der Waals surface area (Å²) in [6, 6.07) is 5.23. The van der Waals surface area contributed by atoms with Crippen molar-refractivity contribution < 1.29 is 19.4 Å². The van der Waals surface area contributed by atoms with Crippen LogP contribution in [-0.2, 0) is 16.1 Å². The Kier molecular flexibility index (Phi) is 5.75. The summed E-state index contributed by atoms with van der Waals surface area (Å²) >= 11 is 0. The lowest BCUT2D eigenvalue weighted by Gasteiger charge is -2.04. The number of benzene rings is 1. The molecule has 0 heterocycles. The van der Waals surface area contributed by atoms with Gasteiger partial charge in [0, 0.05) is 0 Å². The summed E-state index contributed by atoms with van der Waals surface area (Å²) in [6.45, 7) is 2.04. The van der Waals surface area contributed by atoms with Crippen molar-refractivity contribution in [3.63, 3.8) is 0 Å².